The smallest absolute Gasteiger partial charge is 0.172 e. The van der Waals surface area contributed by atoms with Gasteiger partial charge in [0.2, 0.25) is 0 Å². The molecule has 0 radical (unpaired) electrons. The third-order valence-corrected chi connectivity index (χ3v) is 2.46. The normalized spacial score (nSPS) is 19.4. The third kappa shape index (κ3) is 1.26. The van der Waals surface area contributed by atoms with Gasteiger partial charge in [-0.2, -0.15) is 0 Å². The summed E-state index contributed by atoms with van der Waals surface area (Å²) < 4.78 is 16.4. The van der Waals surface area contributed by atoms with Crippen LogP contribution in [0, 0.1) is 0 Å². The monoisotopic (exact) mass is 206 g/mol. The topological polar surface area (TPSA) is 51.8 Å². The van der Waals surface area contributed by atoms with E-state index in [4.69, 9.17) is 19.0 Å². The Morgan fingerprint density at radius 1 is 1.33 bits per heavy atom. The van der Waals surface area contributed by atoms with Gasteiger partial charge in [0.1, 0.15) is 12.2 Å². The Morgan fingerprint density at radius 2 is 2.27 bits per heavy atom. The van der Waals surface area contributed by atoms with Crippen LogP contribution in [0.5, 0.6) is 11.5 Å². The van der Waals surface area contributed by atoms with Gasteiger partial charge < -0.3 is 19.0 Å². The fourth-order valence-electron chi connectivity index (χ4n) is 1.71. The fourth-order valence-corrected chi connectivity index (χ4v) is 1.71. The minimum Gasteiger partial charge on any atom is -0.486 e. The van der Waals surface area contributed by atoms with E-state index in [0.717, 1.165) is 11.0 Å². The lowest BCUT2D eigenvalue weighted by atomic mass is 10.2. The number of benzene rings is 1. The van der Waals surface area contributed by atoms with Gasteiger partial charge in [0.05, 0.1) is 18.3 Å². The molecule has 78 valence electrons. The Kier molecular flexibility index (Phi) is 1.82. The van der Waals surface area contributed by atoms with Crippen molar-refractivity contribution in [2.24, 2.45) is 0 Å². The van der Waals surface area contributed by atoms with Crippen molar-refractivity contribution < 1.29 is 19.0 Å². The zero-order valence-corrected chi connectivity index (χ0v) is 7.97. The van der Waals surface area contributed by atoms with E-state index in [1.165, 1.54) is 0 Å². The molecule has 3 rings (SSSR count). The molecular formula is C11H10O4. The molecule has 0 spiro atoms. The molecule has 1 atom stereocenters. The molecule has 2 heterocycles. The van der Waals surface area contributed by atoms with Crippen molar-refractivity contribution in [1.29, 1.82) is 0 Å². The van der Waals surface area contributed by atoms with Gasteiger partial charge in [0.15, 0.2) is 17.6 Å². The Labute approximate surface area is 86.0 Å². The van der Waals surface area contributed by atoms with Crippen LogP contribution in [0.4, 0.5) is 0 Å². The minimum atomic E-state index is -0.294. The average molecular weight is 206 g/mol. The minimum absolute atomic E-state index is 0.0479. The molecule has 1 aliphatic rings. The summed E-state index contributed by atoms with van der Waals surface area (Å²) in [7, 11) is 0. The van der Waals surface area contributed by atoms with Crippen LogP contribution in [-0.4, -0.2) is 24.4 Å². The van der Waals surface area contributed by atoms with E-state index < -0.39 is 0 Å². The van der Waals surface area contributed by atoms with Gasteiger partial charge >= 0.3 is 0 Å². The number of rotatable bonds is 1. The fraction of sp³-hybridized carbons (Fsp3) is 0.273. The van der Waals surface area contributed by atoms with E-state index in [1.54, 1.807) is 6.26 Å². The first-order valence-electron chi connectivity index (χ1n) is 4.79. The molecule has 4 nitrogen and oxygen atoms in total. The summed E-state index contributed by atoms with van der Waals surface area (Å²) >= 11 is 0. The van der Waals surface area contributed by atoms with Gasteiger partial charge in [-0.05, 0) is 18.2 Å². The summed E-state index contributed by atoms with van der Waals surface area (Å²) in [5.41, 5.74) is 0.760. The van der Waals surface area contributed by atoms with Crippen LogP contribution in [0.25, 0.3) is 11.0 Å². The molecule has 1 N–H and O–H groups in total. The number of aliphatic hydroxyl groups is 1. The zero-order chi connectivity index (χ0) is 10.3. The first kappa shape index (κ1) is 8.61. The molecule has 4 heteroatoms. The van der Waals surface area contributed by atoms with Crippen molar-refractivity contribution in [3.8, 4) is 11.5 Å². The summed E-state index contributed by atoms with van der Waals surface area (Å²) in [6, 6.07) is 5.49. The summed E-state index contributed by atoms with van der Waals surface area (Å²) in [5, 5.41) is 9.89. The lowest BCUT2D eigenvalue weighted by Gasteiger charge is -2.25. The van der Waals surface area contributed by atoms with Crippen molar-refractivity contribution in [2.45, 2.75) is 6.10 Å². The molecule has 0 amide bonds. The van der Waals surface area contributed by atoms with Crippen molar-refractivity contribution in [3.63, 3.8) is 0 Å². The number of hydrogen-bond acceptors (Lipinski definition) is 4. The van der Waals surface area contributed by atoms with Crippen molar-refractivity contribution in [1.82, 2.24) is 0 Å². The van der Waals surface area contributed by atoms with E-state index in [2.05, 4.69) is 0 Å². The van der Waals surface area contributed by atoms with Gasteiger partial charge in [0, 0.05) is 0 Å². The molecule has 0 aliphatic carbocycles. The molecular weight excluding hydrogens is 196 g/mol. The molecule has 0 unspecified atom stereocenters. The summed E-state index contributed by atoms with van der Waals surface area (Å²) in [6.45, 7) is 0.334. The van der Waals surface area contributed by atoms with Crippen LogP contribution in [0.2, 0.25) is 0 Å². The van der Waals surface area contributed by atoms with Gasteiger partial charge in [-0.1, -0.05) is 0 Å². The van der Waals surface area contributed by atoms with Gasteiger partial charge in [-0.25, -0.2) is 0 Å². The van der Waals surface area contributed by atoms with E-state index in [1.807, 2.05) is 18.2 Å². The second-order valence-electron chi connectivity index (χ2n) is 3.46. The Balaban J connectivity index is 2.15. The number of aliphatic hydroxyl groups excluding tert-OH is 1. The van der Waals surface area contributed by atoms with Crippen LogP contribution < -0.4 is 9.47 Å². The van der Waals surface area contributed by atoms with Gasteiger partial charge in [0.25, 0.3) is 0 Å². The second-order valence-corrected chi connectivity index (χ2v) is 3.46. The highest BCUT2D eigenvalue weighted by Crippen LogP contribution is 2.39. The molecule has 2 aromatic rings. The Bertz CT molecular complexity index is 488. The highest BCUT2D eigenvalue weighted by Gasteiger charge is 2.22. The van der Waals surface area contributed by atoms with Crippen LogP contribution in [0.15, 0.2) is 28.9 Å². The molecule has 1 aliphatic heterocycles. The summed E-state index contributed by atoms with van der Waals surface area (Å²) in [5.74, 6) is 1.36. The van der Waals surface area contributed by atoms with Crippen LogP contribution in [0.1, 0.15) is 0 Å². The molecule has 0 saturated carbocycles. The number of hydrogen-bond donors (Lipinski definition) is 1. The standard InChI is InChI=1S/C11H10O4/c12-5-7-6-14-10-2-1-9-8(3-4-13-9)11(10)15-7/h1-4,7,12H,5-6H2/t7-/m0/s1. The molecule has 0 saturated heterocycles. The largest absolute Gasteiger partial charge is 0.486 e. The predicted molar refractivity (Wildman–Crippen MR) is 53.2 cm³/mol. The van der Waals surface area contributed by atoms with Crippen LogP contribution in [-0.2, 0) is 0 Å². The van der Waals surface area contributed by atoms with E-state index in [9.17, 15) is 0 Å². The maximum atomic E-state index is 9.01. The number of fused-ring (bicyclic) bond motifs is 3. The predicted octanol–water partition coefficient (Wildman–Crippen LogP) is 1.56. The second kappa shape index (κ2) is 3.17. The van der Waals surface area contributed by atoms with Crippen LogP contribution >= 0.6 is 0 Å². The summed E-state index contributed by atoms with van der Waals surface area (Å²) in [4.78, 5) is 0. The lowest BCUT2D eigenvalue weighted by molar-refractivity contribution is 0.0472. The number of furan rings is 1. The molecule has 0 bridgehead atoms. The lowest BCUT2D eigenvalue weighted by Crippen LogP contribution is -2.32. The highest BCUT2D eigenvalue weighted by atomic mass is 16.6. The molecule has 1 aromatic carbocycles. The van der Waals surface area contributed by atoms with Gasteiger partial charge in [-0.3, -0.25) is 0 Å². The van der Waals surface area contributed by atoms with Crippen molar-refractivity contribution in [2.75, 3.05) is 13.2 Å². The van der Waals surface area contributed by atoms with Gasteiger partial charge in [-0.15, -0.1) is 0 Å². The van der Waals surface area contributed by atoms with Crippen molar-refractivity contribution in [3.05, 3.63) is 24.5 Å². The zero-order valence-electron chi connectivity index (χ0n) is 7.97. The van der Waals surface area contributed by atoms with Crippen molar-refractivity contribution >= 4 is 11.0 Å². The average Bonchev–Trinajstić information content (AvgIpc) is 2.76. The first-order valence-corrected chi connectivity index (χ1v) is 4.79. The Morgan fingerprint density at radius 3 is 3.13 bits per heavy atom. The van der Waals surface area contributed by atoms with E-state index in [0.29, 0.717) is 18.1 Å². The van der Waals surface area contributed by atoms with E-state index >= 15 is 0 Å². The number of ether oxygens (including phenoxy) is 2. The SMILES string of the molecule is OC[C@H]1COc2ccc3occc3c2O1. The Hall–Kier alpha value is -1.68. The summed E-state index contributed by atoms with van der Waals surface area (Å²) in [6.07, 6.45) is 1.31. The highest BCUT2D eigenvalue weighted by molar-refractivity contribution is 5.87. The molecule has 15 heavy (non-hydrogen) atoms. The molecule has 1 aromatic heterocycles. The maximum Gasteiger partial charge on any atom is 0.172 e. The van der Waals surface area contributed by atoms with E-state index in [-0.39, 0.29) is 12.7 Å². The quantitative estimate of drug-likeness (QED) is 0.769. The van der Waals surface area contributed by atoms with Crippen LogP contribution in [0.3, 0.4) is 0 Å². The maximum absolute atomic E-state index is 9.01. The molecule has 0 fully saturated rings. The third-order valence-electron chi connectivity index (χ3n) is 2.46. The first-order chi connectivity index (χ1) is 7.38.